The van der Waals surface area contributed by atoms with Crippen molar-refractivity contribution >= 4 is 49.9 Å². The van der Waals surface area contributed by atoms with Gasteiger partial charge in [0, 0.05) is 16.6 Å². The van der Waals surface area contributed by atoms with Crippen molar-refractivity contribution in [2.24, 2.45) is 0 Å². The zero-order valence-electron chi connectivity index (χ0n) is 13.1. The molecule has 1 atom stereocenters. The molecular formula is C17H13BrClN3O2S. The molecule has 0 bridgehead atoms. The maximum Gasteiger partial charge on any atom is 0.266 e. The van der Waals surface area contributed by atoms with Gasteiger partial charge in [0.15, 0.2) is 11.2 Å². The number of ether oxygens (including phenoxy) is 1. The normalized spacial score (nSPS) is 11.8. The van der Waals surface area contributed by atoms with Crippen molar-refractivity contribution in [2.75, 3.05) is 5.32 Å². The van der Waals surface area contributed by atoms with E-state index in [1.54, 1.807) is 31.3 Å². The molecule has 3 rings (SSSR count). The van der Waals surface area contributed by atoms with Crippen molar-refractivity contribution in [3.63, 3.8) is 0 Å². The molecule has 1 unspecified atom stereocenters. The fourth-order valence-corrected chi connectivity index (χ4v) is 3.47. The molecule has 0 radical (unpaired) electrons. The molecule has 25 heavy (non-hydrogen) atoms. The number of amides is 1. The summed E-state index contributed by atoms with van der Waals surface area (Å²) in [6.07, 6.45) is 1.01. The molecule has 3 aromatic rings. The van der Waals surface area contributed by atoms with Crippen LogP contribution in [0.2, 0.25) is 5.02 Å². The molecule has 0 aliphatic rings. The summed E-state index contributed by atoms with van der Waals surface area (Å²) in [7, 11) is 0. The number of anilines is 1. The van der Waals surface area contributed by atoms with Crippen molar-refractivity contribution in [2.45, 2.75) is 13.0 Å². The van der Waals surface area contributed by atoms with Gasteiger partial charge in [-0.25, -0.2) is 4.98 Å². The number of nitrogens with one attached hydrogen (secondary N) is 1. The van der Waals surface area contributed by atoms with E-state index in [1.807, 2.05) is 23.6 Å². The van der Waals surface area contributed by atoms with E-state index in [9.17, 15) is 4.79 Å². The number of pyridine rings is 1. The zero-order chi connectivity index (χ0) is 17.8. The van der Waals surface area contributed by atoms with Gasteiger partial charge in [0.05, 0.1) is 10.2 Å². The van der Waals surface area contributed by atoms with Gasteiger partial charge in [0.25, 0.3) is 5.91 Å². The highest BCUT2D eigenvalue weighted by Gasteiger charge is 2.18. The van der Waals surface area contributed by atoms with Gasteiger partial charge in [-0.15, -0.1) is 11.3 Å². The number of benzene rings is 1. The van der Waals surface area contributed by atoms with Gasteiger partial charge < -0.3 is 4.74 Å². The van der Waals surface area contributed by atoms with Crippen molar-refractivity contribution < 1.29 is 9.53 Å². The van der Waals surface area contributed by atoms with Crippen LogP contribution in [-0.2, 0) is 4.79 Å². The first-order valence-electron chi connectivity index (χ1n) is 7.32. The summed E-state index contributed by atoms with van der Waals surface area (Å²) in [5.74, 6) is 0.254. The highest BCUT2D eigenvalue weighted by atomic mass is 79.9. The second-order valence-corrected chi connectivity index (χ2v) is 7.23. The van der Waals surface area contributed by atoms with Gasteiger partial charge in [-0.1, -0.05) is 17.7 Å². The summed E-state index contributed by atoms with van der Waals surface area (Å²) < 4.78 is 6.36. The Balaban J connectivity index is 1.65. The molecule has 8 heteroatoms. The van der Waals surface area contributed by atoms with Gasteiger partial charge in [0.2, 0.25) is 0 Å². The van der Waals surface area contributed by atoms with Gasteiger partial charge in [-0.2, -0.15) is 0 Å². The Labute approximate surface area is 162 Å². The smallest absolute Gasteiger partial charge is 0.266 e. The number of halogens is 2. The monoisotopic (exact) mass is 437 g/mol. The Morgan fingerprint density at radius 2 is 2.16 bits per heavy atom. The van der Waals surface area contributed by atoms with Crippen LogP contribution >= 0.6 is 38.9 Å². The van der Waals surface area contributed by atoms with Crippen LogP contribution in [0.15, 0.2) is 52.4 Å². The molecule has 1 amide bonds. The minimum absolute atomic E-state index is 0.288. The van der Waals surface area contributed by atoms with Crippen LogP contribution in [0.3, 0.4) is 0 Å². The molecule has 0 spiro atoms. The largest absolute Gasteiger partial charge is 0.480 e. The lowest BCUT2D eigenvalue weighted by molar-refractivity contribution is -0.122. The minimum atomic E-state index is -0.695. The fraction of sp³-hybridized carbons (Fsp3) is 0.118. The molecule has 1 aromatic carbocycles. The average Bonchev–Trinajstić information content (AvgIpc) is 3.06. The van der Waals surface area contributed by atoms with Crippen LogP contribution in [0.5, 0.6) is 5.75 Å². The van der Waals surface area contributed by atoms with Crippen LogP contribution in [0.1, 0.15) is 6.92 Å². The Morgan fingerprint density at radius 1 is 1.32 bits per heavy atom. The van der Waals surface area contributed by atoms with E-state index in [0.29, 0.717) is 20.4 Å². The van der Waals surface area contributed by atoms with E-state index in [1.165, 1.54) is 11.3 Å². The molecule has 128 valence electrons. The lowest BCUT2D eigenvalue weighted by Crippen LogP contribution is -2.30. The number of hydrogen-bond acceptors (Lipinski definition) is 5. The number of carbonyl (C=O) groups excluding carboxylic acids is 1. The topological polar surface area (TPSA) is 64.1 Å². The van der Waals surface area contributed by atoms with E-state index in [2.05, 4.69) is 31.2 Å². The summed E-state index contributed by atoms with van der Waals surface area (Å²) in [6.45, 7) is 1.67. The zero-order valence-corrected chi connectivity index (χ0v) is 16.2. The molecule has 0 fully saturated rings. The summed E-state index contributed by atoms with van der Waals surface area (Å²) in [6, 6.07) is 10.7. The SMILES string of the molecule is CC(Oc1ccc(Cl)cc1Br)C(=O)Nc1nc(-c2ccccn2)cs1. The van der Waals surface area contributed by atoms with Crippen molar-refractivity contribution in [3.05, 3.63) is 57.5 Å². The first kappa shape index (κ1) is 17.8. The highest BCUT2D eigenvalue weighted by molar-refractivity contribution is 9.10. The third-order valence-corrected chi connectivity index (χ3v) is 4.84. The summed E-state index contributed by atoms with van der Waals surface area (Å²) in [5.41, 5.74) is 1.48. The van der Waals surface area contributed by atoms with Crippen LogP contribution in [-0.4, -0.2) is 22.0 Å². The van der Waals surface area contributed by atoms with Crippen molar-refractivity contribution in [1.82, 2.24) is 9.97 Å². The number of aromatic nitrogens is 2. The summed E-state index contributed by atoms with van der Waals surface area (Å²) in [4.78, 5) is 20.9. The Bertz CT molecular complexity index is 889. The second-order valence-electron chi connectivity index (χ2n) is 5.08. The van der Waals surface area contributed by atoms with E-state index >= 15 is 0 Å². The third kappa shape index (κ3) is 4.56. The maximum absolute atomic E-state index is 12.3. The van der Waals surface area contributed by atoms with Crippen LogP contribution in [0.4, 0.5) is 5.13 Å². The van der Waals surface area contributed by atoms with Gasteiger partial charge in [-0.3, -0.25) is 15.1 Å². The Kier molecular flexibility index (Phi) is 5.67. The minimum Gasteiger partial charge on any atom is -0.480 e. The Hall–Kier alpha value is -1.96. The summed E-state index contributed by atoms with van der Waals surface area (Å²) >= 11 is 10.6. The van der Waals surface area contributed by atoms with Crippen LogP contribution in [0, 0.1) is 0 Å². The molecular weight excluding hydrogens is 426 g/mol. The predicted molar refractivity (Wildman–Crippen MR) is 103 cm³/mol. The maximum atomic E-state index is 12.3. The molecule has 1 N–H and O–H groups in total. The van der Waals surface area contributed by atoms with E-state index in [4.69, 9.17) is 16.3 Å². The molecule has 5 nitrogen and oxygen atoms in total. The van der Waals surface area contributed by atoms with Gasteiger partial charge in [-0.05, 0) is 53.2 Å². The second kappa shape index (κ2) is 7.95. The van der Waals surface area contributed by atoms with Crippen LogP contribution < -0.4 is 10.1 Å². The highest BCUT2D eigenvalue weighted by Crippen LogP contribution is 2.29. The number of carbonyl (C=O) groups is 1. The van der Waals surface area contributed by atoms with E-state index in [-0.39, 0.29) is 5.91 Å². The lowest BCUT2D eigenvalue weighted by Gasteiger charge is -2.15. The van der Waals surface area contributed by atoms with E-state index in [0.717, 1.165) is 11.4 Å². The fourth-order valence-electron chi connectivity index (χ4n) is 1.98. The molecule has 0 saturated heterocycles. The molecule has 0 aliphatic heterocycles. The van der Waals surface area contributed by atoms with Crippen LogP contribution in [0.25, 0.3) is 11.4 Å². The number of rotatable bonds is 5. The lowest BCUT2D eigenvalue weighted by atomic mass is 10.3. The average molecular weight is 439 g/mol. The standard InChI is InChI=1S/C17H13BrClN3O2S/c1-10(24-15-6-5-11(19)8-12(15)18)16(23)22-17-21-14(9-25-17)13-4-2-3-7-20-13/h2-10H,1H3,(H,21,22,23). The molecule has 0 aliphatic carbocycles. The number of nitrogens with zero attached hydrogens (tertiary/aromatic N) is 2. The molecule has 0 saturated carbocycles. The van der Waals surface area contributed by atoms with E-state index < -0.39 is 6.10 Å². The third-order valence-electron chi connectivity index (χ3n) is 3.23. The summed E-state index contributed by atoms with van der Waals surface area (Å²) in [5, 5.41) is 5.68. The van der Waals surface area contributed by atoms with Crippen molar-refractivity contribution in [1.29, 1.82) is 0 Å². The Morgan fingerprint density at radius 3 is 2.88 bits per heavy atom. The van der Waals surface area contributed by atoms with Crippen molar-refractivity contribution in [3.8, 4) is 17.1 Å². The first-order chi connectivity index (χ1) is 12.0. The number of hydrogen-bond donors (Lipinski definition) is 1. The predicted octanol–water partition coefficient (Wildman–Crippen LogP) is 5.03. The molecule has 2 aromatic heterocycles. The first-order valence-corrected chi connectivity index (χ1v) is 9.37. The van der Waals surface area contributed by atoms with Gasteiger partial charge >= 0.3 is 0 Å². The quantitative estimate of drug-likeness (QED) is 0.607. The molecule has 2 heterocycles. The number of thiazole rings is 1. The van der Waals surface area contributed by atoms with Gasteiger partial charge in [0.1, 0.15) is 11.4 Å².